The standard InChI is InChI=1S/C15H11NO/c17-12-6-7-14-13(8-9-16-15(14)10-12)11-4-2-1-3-5-11/h1-10,17H. The summed E-state index contributed by atoms with van der Waals surface area (Å²) in [6, 6.07) is 17.4. The maximum absolute atomic E-state index is 9.45. The molecule has 2 nitrogen and oxygen atoms in total. The molecule has 0 unspecified atom stereocenters. The van der Waals surface area contributed by atoms with E-state index in [0.717, 1.165) is 22.0 Å². The molecule has 0 bridgehead atoms. The lowest BCUT2D eigenvalue weighted by Crippen LogP contribution is -1.83. The number of rotatable bonds is 1. The van der Waals surface area contributed by atoms with Crippen LogP contribution in [0.3, 0.4) is 0 Å². The van der Waals surface area contributed by atoms with Crippen molar-refractivity contribution in [1.82, 2.24) is 4.98 Å². The zero-order valence-electron chi connectivity index (χ0n) is 9.17. The molecule has 2 heteroatoms. The van der Waals surface area contributed by atoms with Crippen molar-refractivity contribution in [2.75, 3.05) is 0 Å². The van der Waals surface area contributed by atoms with Crippen LogP contribution in [0.25, 0.3) is 22.0 Å². The van der Waals surface area contributed by atoms with Gasteiger partial charge in [0.25, 0.3) is 0 Å². The third-order valence-electron chi connectivity index (χ3n) is 2.81. The van der Waals surface area contributed by atoms with Gasteiger partial charge in [-0.1, -0.05) is 30.3 Å². The molecule has 2 aromatic carbocycles. The van der Waals surface area contributed by atoms with Crippen molar-refractivity contribution < 1.29 is 5.11 Å². The Morgan fingerprint density at radius 1 is 0.882 bits per heavy atom. The predicted molar refractivity (Wildman–Crippen MR) is 68.8 cm³/mol. The number of phenolic OH excluding ortho intramolecular Hbond substituents is 1. The lowest BCUT2D eigenvalue weighted by molar-refractivity contribution is 0.476. The van der Waals surface area contributed by atoms with E-state index in [2.05, 4.69) is 17.1 Å². The summed E-state index contributed by atoms with van der Waals surface area (Å²) >= 11 is 0. The molecular weight excluding hydrogens is 210 g/mol. The van der Waals surface area contributed by atoms with Crippen molar-refractivity contribution in [1.29, 1.82) is 0 Å². The first-order valence-electron chi connectivity index (χ1n) is 5.48. The van der Waals surface area contributed by atoms with E-state index in [4.69, 9.17) is 0 Å². The van der Waals surface area contributed by atoms with E-state index in [1.165, 1.54) is 0 Å². The van der Waals surface area contributed by atoms with Crippen LogP contribution in [0.4, 0.5) is 0 Å². The Morgan fingerprint density at radius 2 is 1.71 bits per heavy atom. The highest BCUT2D eigenvalue weighted by Crippen LogP contribution is 2.28. The summed E-state index contributed by atoms with van der Waals surface area (Å²) in [5.41, 5.74) is 3.10. The van der Waals surface area contributed by atoms with Crippen LogP contribution in [0.2, 0.25) is 0 Å². The maximum Gasteiger partial charge on any atom is 0.117 e. The van der Waals surface area contributed by atoms with Gasteiger partial charge in [0, 0.05) is 17.6 Å². The van der Waals surface area contributed by atoms with E-state index in [1.807, 2.05) is 30.3 Å². The number of phenols is 1. The van der Waals surface area contributed by atoms with Gasteiger partial charge in [-0.3, -0.25) is 4.98 Å². The van der Waals surface area contributed by atoms with Gasteiger partial charge in [0.2, 0.25) is 0 Å². The molecule has 0 saturated heterocycles. The Kier molecular flexibility index (Phi) is 2.26. The molecule has 3 aromatic rings. The van der Waals surface area contributed by atoms with Gasteiger partial charge >= 0.3 is 0 Å². The van der Waals surface area contributed by atoms with Crippen molar-refractivity contribution in [2.24, 2.45) is 0 Å². The van der Waals surface area contributed by atoms with E-state index >= 15 is 0 Å². The first-order chi connectivity index (χ1) is 8.34. The topological polar surface area (TPSA) is 33.1 Å². The fourth-order valence-corrected chi connectivity index (χ4v) is 2.01. The van der Waals surface area contributed by atoms with Gasteiger partial charge in [0.05, 0.1) is 5.52 Å². The minimum atomic E-state index is 0.246. The van der Waals surface area contributed by atoms with E-state index < -0.39 is 0 Å². The summed E-state index contributed by atoms with van der Waals surface area (Å²) in [5, 5.41) is 10.5. The number of pyridine rings is 1. The molecular formula is C15H11NO. The van der Waals surface area contributed by atoms with E-state index in [-0.39, 0.29) is 5.75 Å². The van der Waals surface area contributed by atoms with Crippen LogP contribution >= 0.6 is 0 Å². The quantitative estimate of drug-likeness (QED) is 0.681. The van der Waals surface area contributed by atoms with Crippen LogP contribution < -0.4 is 0 Å². The van der Waals surface area contributed by atoms with Gasteiger partial charge in [0.1, 0.15) is 5.75 Å². The fraction of sp³-hybridized carbons (Fsp3) is 0. The Balaban J connectivity index is 2.31. The van der Waals surface area contributed by atoms with Crippen LogP contribution in [-0.2, 0) is 0 Å². The van der Waals surface area contributed by atoms with Crippen molar-refractivity contribution in [3.63, 3.8) is 0 Å². The average molecular weight is 221 g/mol. The van der Waals surface area contributed by atoms with Crippen LogP contribution in [-0.4, -0.2) is 10.1 Å². The SMILES string of the molecule is Oc1ccc2c(-c3ccccc3)ccnc2c1. The maximum atomic E-state index is 9.45. The normalized spacial score (nSPS) is 10.6. The third kappa shape index (κ3) is 1.74. The minimum Gasteiger partial charge on any atom is -0.508 e. The molecule has 0 aliphatic heterocycles. The molecule has 0 radical (unpaired) electrons. The van der Waals surface area contributed by atoms with Crippen molar-refractivity contribution >= 4 is 10.9 Å². The molecule has 0 aliphatic carbocycles. The molecule has 0 aliphatic rings. The van der Waals surface area contributed by atoms with Gasteiger partial charge in [-0.05, 0) is 29.3 Å². The largest absolute Gasteiger partial charge is 0.508 e. The Labute approximate surface area is 99.2 Å². The highest BCUT2D eigenvalue weighted by Gasteiger charge is 2.04. The minimum absolute atomic E-state index is 0.246. The van der Waals surface area contributed by atoms with Crippen LogP contribution in [0, 0.1) is 0 Å². The van der Waals surface area contributed by atoms with Crippen LogP contribution in [0.15, 0.2) is 60.8 Å². The van der Waals surface area contributed by atoms with E-state index in [9.17, 15) is 5.11 Å². The molecule has 3 rings (SSSR count). The zero-order chi connectivity index (χ0) is 11.7. The van der Waals surface area contributed by atoms with E-state index in [1.54, 1.807) is 18.3 Å². The lowest BCUT2D eigenvalue weighted by Gasteiger charge is -2.06. The van der Waals surface area contributed by atoms with Crippen LogP contribution in [0.1, 0.15) is 0 Å². The molecule has 0 fully saturated rings. The average Bonchev–Trinajstić information content (AvgIpc) is 2.39. The molecule has 0 spiro atoms. The second-order valence-corrected chi connectivity index (χ2v) is 3.93. The summed E-state index contributed by atoms with van der Waals surface area (Å²) in [6.07, 6.45) is 1.77. The van der Waals surface area contributed by atoms with Crippen molar-refractivity contribution in [2.45, 2.75) is 0 Å². The van der Waals surface area contributed by atoms with E-state index in [0.29, 0.717) is 0 Å². The number of nitrogens with zero attached hydrogens (tertiary/aromatic N) is 1. The first-order valence-corrected chi connectivity index (χ1v) is 5.48. The second kappa shape index (κ2) is 3.91. The van der Waals surface area contributed by atoms with Gasteiger partial charge in [-0.2, -0.15) is 0 Å². The summed E-state index contributed by atoms with van der Waals surface area (Å²) in [7, 11) is 0. The number of hydrogen-bond donors (Lipinski definition) is 1. The first kappa shape index (κ1) is 9.85. The number of hydrogen-bond acceptors (Lipinski definition) is 2. The number of benzene rings is 2. The Morgan fingerprint density at radius 3 is 2.53 bits per heavy atom. The number of aromatic hydroxyl groups is 1. The Hall–Kier alpha value is -2.35. The number of fused-ring (bicyclic) bond motifs is 1. The highest BCUT2D eigenvalue weighted by molar-refractivity contribution is 5.94. The monoisotopic (exact) mass is 221 g/mol. The fourth-order valence-electron chi connectivity index (χ4n) is 2.01. The smallest absolute Gasteiger partial charge is 0.117 e. The summed E-state index contributed by atoms with van der Waals surface area (Å²) in [5.74, 6) is 0.246. The zero-order valence-corrected chi connectivity index (χ0v) is 9.17. The second-order valence-electron chi connectivity index (χ2n) is 3.93. The van der Waals surface area contributed by atoms with Gasteiger partial charge in [-0.15, -0.1) is 0 Å². The molecule has 0 amide bonds. The lowest BCUT2D eigenvalue weighted by atomic mass is 10.0. The molecule has 1 N–H and O–H groups in total. The molecule has 17 heavy (non-hydrogen) atoms. The van der Waals surface area contributed by atoms with Crippen molar-refractivity contribution in [3.05, 3.63) is 60.8 Å². The number of aromatic nitrogens is 1. The predicted octanol–water partition coefficient (Wildman–Crippen LogP) is 3.61. The van der Waals surface area contributed by atoms with Crippen molar-refractivity contribution in [3.8, 4) is 16.9 Å². The molecule has 1 heterocycles. The van der Waals surface area contributed by atoms with Gasteiger partial charge in [0.15, 0.2) is 0 Å². The molecule has 82 valence electrons. The summed E-state index contributed by atoms with van der Waals surface area (Å²) < 4.78 is 0. The van der Waals surface area contributed by atoms with Gasteiger partial charge in [-0.25, -0.2) is 0 Å². The Bertz CT molecular complexity index is 662. The molecule has 0 atom stereocenters. The van der Waals surface area contributed by atoms with Crippen LogP contribution in [0.5, 0.6) is 5.75 Å². The summed E-state index contributed by atoms with van der Waals surface area (Å²) in [4.78, 5) is 4.27. The highest BCUT2D eigenvalue weighted by atomic mass is 16.3. The van der Waals surface area contributed by atoms with Gasteiger partial charge < -0.3 is 5.11 Å². The molecule has 1 aromatic heterocycles. The third-order valence-corrected chi connectivity index (χ3v) is 2.81. The summed E-state index contributed by atoms with van der Waals surface area (Å²) in [6.45, 7) is 0. The molecule has 0 saturated carbocycles.